The van der Waals surface area contributed by atoms with Crippen molar-refractivity contribution in [1.29, 1.82) is 0 Å². The number of halogens is 3. The van der Waals surface area contributed by atoms with Gasteiger partial charge in [-0.3, -0.25) is 14.2 Å². The lowest BCUT2D eigenvalue weighted by Gasteiger charge is -2.13. The Bertz CT molecular complexity index is 1460. The van der Waals surface area contributed by atoms with Gasteiger partial charge in [0.25, 0.3) is 0 Å². The standard InChI is InChI=1S/C30H33F3N4O4/c1-20(2)41-27-16-26(37(34-27)19-23-11-12-25(14-21(23)3)30(31,32)33)10-7-13-40-29-24(15-28(38)39)18-36(35-29)17-22-8-5-4-6-9-22/h4-6,8-9,11-12,14,16,18,20H,7,10,13,15,17,19H2,1-3H3,(H,38,39). The van der Waals surface area contributed by atoms with Gasteiger partial charge in [0.1, 0.15) is 0 Å². The predicted octanol–water partition coefficient (Wildman–Crippen LogP) is 5.93. The van der Waals surface area contributed by atoms with Gasteiger partial charge >= 0.3 is 12.1 Å². The van der Waals surface area contributed by atoms with Crippen molar-refractivity contribution in [2.45, 2.75) is 65.4 Å². The van der Waals surface area contributed by atoms with Crippen LogP contribution in [0.4, 0.5) is 13.2 Å². The third-order valence-corrected chi connectivity index (χ3v) is 6.33. The van der Waals surface area contributed by atoms with Gasteiger partial charge in [-0.15, -0.1) is 10.2 Å². The van der Waals surface area contributed by atoms with E-state index in [1.165, 1.54) is 6.07 Å². The zero-order chi connectivity index (χ0) is 29.6. The Hall–Kier alpha value is -4.28. The summed E-state index contributed by atoms with van der Waals surface area (Å²) in [6.45, 7) is 6.47. The zero-order valence-electron chi connectivity index (χ0n) is 23.2. The van der Waals surface area contributed by atoms with Crippen molar-refractivity contribution in [1.82, 2.24) is 19.6 Å². The number of rotatable bonds is 13. The molecule has 0 saturated carbocycles. The van der Waals surface area contributed by atoms with E-state index in [-0.39, 0.29) is 31.6 Å². The third kappa shape index (κ3) is 8.36. The monoisotopic (exact) mass is 570 g/mol. The molecule has 4 aromatic rings. The summed E-state index contributed by atoms with van der Waals surface area (Å²) in [5.74, 6) is -0.265. The Morgan fingerprint density at radius 1 is 1.02 bits per heavy atom. The maximum Gasteiger partial charge on any atom is 0.416 e. The molecule has 0 aliphatic heterocycles. The van der Waals surface area contributed by atoms with Crippen molar-refractivity contribution in [3.63, 3.8) is 0 Å². The number of aromatic nitrogens is 4. The van der Waals surface area contributed by atoms with Crippen LogP contribution in [-0.2, 0) is 36.9 Å². The van der Waals surface area contributed by atoms with Gasteiger partial charge in [-0.2, -0.15) is 13.2 Å². The Morgan fingerprint density at radius 3 is 2.44 bits per heavy atom. The molecule has 11 heteroatoms. The number of carbonyl (C=O) groups is 1. The molecular formula is C30H33F3N4O4. The number of hydrogen-bond donors (Lipinski definition) is 1. The predicted molar refractivity (Wildman–Crippen MR) is 146 cm³/mol. The number of alkyl halides is 3. The summed E-state index contributed by atoms with van der Waals surface area (Å²) >= 11 is 0. The number of carboxylic acids is 1. The van der Waals surface area contributed by atoms with Gasteiger partial charge in [-0.05, 0) is 62.4 Å². The highest BCUT2D eigenvalue weighted by molar-refractivity contribution is 5.70. The molecule has 2 aromatic carbocycles. The minimum Gasteiger partial charge on any atom is -0.481 e. The number of carboxylic acid groups (broad SMARTS) is 1. The van der Waals surface area contributed by atoms with Crippen LogP contribution < -0.4 is 9.47 Å². The van der Waals surface area contributed by atoms with Gasteiger partial charge in [-0.1, -0.05) is 36.4 Å². The Kier molecular flexibility index (Phi) is 9.36. The smallest absolute Gasteiger partial charge is 0.416 e. The Labute approximate surface area is 236 Å². The van der Waals surface area contributed by atoms with Crippen molar-refractivity contribution in [2.24, 2.45) is 0 Å². The maximum atomic E-state index is 13.1. The number of aryl methyl sites for hydroxylation is 2. The first-order valence-corrected chi connectivity index (χ1v) is 13.3. The van der Waals surface area contributed by atoms with Crippen LogP contribution in [0.1, 0.15) is 53.8 Å². The molecule has 0 spiro atoms. The summed E-state index contributed by atoms with van der Waals surface area (Å²) in [4.78, 5) is 11.4. The molecule has 0 bridgehead atoms. The summed E-state index contributed by atoms with van der Waals surface area (Å²) in [5, 5.41) is 18.3. The van der Waals surface area contributed by atoms with Crippen molar-refractivity contribution in [3.05, 3.63) is 94.3 Å². The number of nitrogens with zero attached hydrogens (tertiary/aromatic N) is 4. The van der Waals surface area contributed by atoms with Crippen LogP contribution in [0.15, 0.2) is 60.8 Å². The van der Waals surface area contributed by atoms with E-state index in [9.17, 15) is 23.1 Å². The molecule has 8 nitrogen and oxygen atoms in total. The number of ether oxygens (including phenoxy) is 2. The molecule has 4 rings (SSSR count). The molecule has 0 fully saturated rings. The van der Waals surface area contributed by atoms with E-state index >= 15 is 0 Å². The van der Waals surface area contributed by atoms with E-state index in [0.717, 1.165) is 29.0 Å². The largest absolute Gasteiger partial charge is 0.481 e. The highest BCUT2D eigenvalue weighted by atomic mass is 19.4. The topological polar surface area (TPSA) is 91.4 Å². The normalized spacial score (nSPS) is 11.7. The highest BCUT2D eigenvalue weighted by Gasteiger charge is 2.30. The average molecular weight is 571 g/mol. The zero-order valence-corrected chi connectivity index (χ0v) is 23.2. The average Bonchev–Trinajstić information content (AvgIpc) is 3.44. The van der Waals surface area contributed by atoms with E-state index in [0.29, 0.717) is 36.4 Å². The molecule has 2 aromatic heterocycles. The maximum absolute atomic E-state index is 13.1. The van der Waals surface area contributed by atoms with E-state index in [1.807, 2.05) is 50.2 Å². The second kappa shape index (κ2) is 12.9. The first-order valence-electron chi connectivity index (χ1n) is 13.3. The number of hydrogen-bond acceptors (Lipinski definition) is 5. The van der Waals surface area contributed by atoms with E-state index in [4.69, 9.17) is 9.47 Å². The molecule has 0 saturated heterocycles. The summed E-state index contributed by atoms with van der Waals surface area (Å²) in [7, 11) is 0. The molecule has 0 radical (unpaired) electrons. The second-order valence-electron chi connectivity index (χ2n) is 10.1. The van der Waals surface area contributed by atoms with Crippen LogP contribution in [-0.4, -0.2) is 43.3 Å². The van der Waals surface area contributed by atoms with Gasteiger partial charge in [0.15, 0.2) is 0 Å². The summed E-state index contributed by atoms with van der Waals surface area (Å²) < 4.78 is 54.4. The van der Waals surface area contributed by atoms with Crippen LogP contribution in [0, 0.1) is 6.92 Å². The summed E-state index contributed by atoms with van der Waals surface area (Å²) in [5.41, 5.74) is 2.91. The SMILES string of the molecule is Cc1cc(C(F)(F)F)ccc1Cn1nc(OC(C)C)cc1CCCOc1nn(Cc2ccccc2)cc1CC(=O)O. The quantitative estimate of drug-likeness (QED) is 0.201. The highest BCUT2D eigenvalue weighted by Crippen LogP contribution is 2.31. The molecule has 41 heavy (non-hydrogen) atoms. The minimum atomic E-state index is -4.40. The van der Waals surface area contributed by atoms with Gasteiger partial charge in [0.05, 0.1) is 37.8 Å². The Balaban J connectivity index is 1.44. The lowest BCUT2D eigenvalue weighted by molar-refractivity contribution is -0.138. The van der Waals surface area contributed by atoms with Crippen LogP contribution >= 0.6 is 0 Å². The van der Waals surface area contributed by atoms with Crippen LogP contribution in [0.25, 0.3) is 0 Å². The van der Waals surface area contributed by atoms with Crippen molar-refractivity contribution < 1.29 is 32.5 Å². The van der Waals surface area contributed by atoms with Crippen molar-refractivity contribution in [2.75, 3.05) is 6.61 Å². The molecule has 0 unspecified atom stereocenters. The fraction of sp³-hybridized carbons (Fsp3) is 0.367. The lowest BCUT2D eigenvalue weighted by Crippen LogP contribution is -2.11. The molecule has 2 heterocycles. The molecule has 0 amide bonds. The van der Waals surface area contributed by atoms with Crippen LogP contribution in [0.3, 0.4) is 0 Å². The van der Waals surface area contributed by atoms with Crippen LogP contribution in [0.5, 0.6) is 11.8 Å². The minimum absolute atomic E-state index is 0.0963. The molecule has 0 aliphatic carbocycles. The fourth-order valence-electron chi connectivity index (χ4n) is 4.40. The van der Waals surface area contributed by atoms with Crippen LogP contribution in [0.2, 0.25) is 0 Å². The van der Waals surface area contributed by atoms with E-state index in [1.54, 1.807) is 22.5 Å². The van der Waals surface area contributed by atoms with Gasteiger partial charge in [0.2, 0.25) is 11.8 Å². The Morgan fingerprint density at radius 2 is 1.78 bits per heavy atom. The van der Waals surface area contributed by atoms with Gasteiger partial charge < -0.3 is 14.6 Å². The molecule has 218 valence electrons. The number of benzene rings is 2. The van der Waals surface area contributed by atoms with Crippen molar-refractivity contribution >= 4 is 5.97 Å². The lowest BCUT2D eigenvalue weighted by atomic mass is 10.0. The first-order chi connectivity index (χ1) is 19.5. The third-order valence-electron chi connectivity index (χ3n) is 6.33. The first kappa shape index (κ1) is 29.7. The summed E-state index contributed by atoms with van der Waals surface area (Å²) in [6.07, 6.45) is -1.90. The van der Waals surface area contributed by atoms with Crippen molar-refractivity contribution in [3.8, 4) is 11.8 Å². The number of aliphatic carboxylic acids is 1. The van der Waals surface area contributed by atoms with Gasteiger partial charge in [-0.25, -0.2) is 0 Å². The molecule has 0 aliphatic rings. The summed E-state index contributed by atoms with van der Waals surface area (Å²) in [6, 6.07) is 15.2. The molecule has 1 N–H and O–H groups in total. The van der Waals surface area contributed by atoms with Gasteiger partial charge in [0, 0.05) is 23.5 Å². The van der Waals surface area contributed by atoms with E-state index in [2.05, 4.69) is 10.2 Å². The fourth-order valence-corrected chi connectivity index (χ4v) is 4.40. The second-order valence-corrected chi connectivity index (χ2v) is 10.1. The molecule has 0 atom stereocenters. The van der Waals surface area contributed by atoms with E-state index < -0.39 is 17.7 Å². The molecular weight excluding hydrogens is 537 g/mol.